The minimum atomic E-state index is -1.32. The molecule has 1 aromatic carbocycles. The molecule has 0 saturated heterocycles. The third-order valence-corrected chi connectivity index (χ3v) is 5.07. The molecule has 3 rings (SSSR count). The van der Waals surface area contributed by atoms with Crippen LogP contribution in [-0.4, -0.2) is 30.9 Å². The van der Waals surface area contributed by atoms with Crippen LogP contribution in [0.2, 0.25) is 0 Å². The van der Waals surface area contributed by atoms with E-state index in [4.69, 9.17) is 23.4 Å². The number of halogens is 2. The minimum Gasteiger partial charge on any atom is -0.388 e. The summed E-state index contributed by atoms with van der Waals surface area (Å²) in [5.41, 5.74) is 0.696. The van der Waals surface area contributed by atoms with Gasteiger partial charge in [-0.2, -0.15) is 0 Å². The highest BCUT2D eigenvalue weighted by atomic mass is 35.5. The van der Waals surface area contributed by atoms with Crippen LogP contribution in [-0.2, 0) is 5.72 Å². The van der Waals surface area contributed by atoms with Crippen LogP contribution in [0.3, 0.4) is 0 Å². The van der Waals surface area contributed by atoms with E-state index in [0.29, 0.717) is 29.6 Å². The molecule has 5 nitrogen and oxygen atoms in total. The van der Waals surface area contributed by atoms with Gasteiger partial charge >= 0.3 is 0 Å². The van der Waals surface area contributed by atoms with Crippen molar-refractivity contribution in [1.82, 2.24) is 9.55 Å². The fourth-order valence-electron chi connectivity index (χ4n) is 3.01. The van der Waals surface area contributed by atoms with E-state index in [9.17, 15) is 10.2 Å². The fraction of sp³-hybridized carbons (Fsp3) is 0.533. The van der Waals surface area contributed by atoms with Gasteiger partial charge in [-0.15, -0.1) is 0 Å². The topological polar surface area (TPSA) is 61.5 Å². The van der Waals surface area contributed by atoms with Crippen LogP contribution in [0.1, 0.15) is 33.1 Å². The first-order chi connectivity index (χ1) is 10.2. The van der Waals surface area contributed by atoms with E-state index in [1.807, 2.05) is 18.2 Å². The first kappa shape index (κ1) is 15.9. The van der Waals surface area contributed by atoms with Crippen LogP contribution >= 0.6 is 23.4 Å². The van der Waals surface area contributed by atoms with Gasteiger partial charge < -0.3 is 10.2 Å². The quantitative estimate of drug-likeness (QED) is 0.510. The van der Waals surface area contributed by atoms with Crippen molar-refractivity contribution in [2.45, 2.75) is 49.9 Å². The van der Waals surface area contributed by atoms with Gasteiger partial charge in [0.1, 0.15) is 16.6 Å². The van der Waals surface area contributed by atoms with Crippen molar-refractivity contribution < 1.29 is 10.2 Å². The number of rotatable bonds is 3. The summed E-state index contributed by atoms with van der Waals surface area (Å²) >= 11 is 12.6. The van der Waals surface area contributed by atoms with Gasteiger partial charge in [0, 0.05) is 11.8 Å². The van der Waals surface area contributed by atoms with E-state index in [0.717, 1.165) is 6.42 Å². The third kappa shape index (κ3) is 2.36. The molecule has 22 heavy (non-hydrogen) atoms. The molecule has 0 spiro atoms. The van der Waals surface area contributed by atoms with E-state index in [2.05, 4.69) is 4.98 Å². The summed E-state index contributed by atoms with van der Waals surface area (Å²) in [6, 6.07) is 5.51. The van der Waals surface area contributed by atoms with Crippen molar-refractivity contribution in [3.63, 3.8) is 0 Å². The lowest BCUT2D eigenvalue weighted by atomic mass is 10.1. The van der Waals surface area contributed by atoms with Crippen LogP contribution in [0, 0.1) is 0 Å². The van der Waals surface area contributed by atoms with Crippen LogP contribution < -0.4 is 4.42 Å². The SMILES string of the molecule is CC(C)(Cl)N(Cl)c1cccc2c1ncn2C1(O)CCCC1O. The second kappa shape index (κ2) is 5.27. The molecule has 2 aromatic rings. The number of hydrogen-bond acceptors (Lipinski definition) is 4. The highest BCUT2D eigenvalue weighted by molar-refractivity contribution is 6.36. The predicted octanol–water partition coefficient (Wildman–Crippen LogP) is 3.16. The molecule has 0 bridgehead atoms. The Morgan fingerprint density at radius 3 is 2.77 bits per heavy atom. The van der Waals surface area contributed by atoms with Crippen LogP contribution in [0.25, 0.3) is 11.0 Å². The van der Waals surface area contributed by atoms with E-state index >= 15 is 0 Å². The summed E-state index contributed by atoms with van der Waals surface area (Å²) in [5, 5.41) is 20.9. The molecule has 0 radical (unpaired) electrons. The first-order valence-electron chi connectivity index (χ1n) is 7.27. The highest BCUT2D eigenvalue weighted by Crippen LogP contribution is 2.39. The molecule has 0 amide bonds. The molecule has 1 aromatic heterocycles. The molecule has 1 saturated carbocycles. The zero-order valence-corrected chi connectivity index (χ0v) is 14.0. The summed E-state index contributed by atoms with van der Waals surface area (Å²) < 4.78 is 3.05. The number of aliphatic hydroxyl groups is 2. The third-order valence-electron chi connectivity index (χ3n) is 4.21. The number of hydrogen-bond donors (Lipinski definition) is 2. The summed E-state index contributed by atoms with van der Waals surface area (Å²) in [6.07, 6.45) is 2.59. The highest BCUT2D eigenvalue weighted by Gasteiger charge is 2.42. The molecule has 1 fully saturated rings. The van der Waals surface area contributed by atoms with Crippen molar-refractivity contribution in [3.8, 4) is 0 Å². The Hall–Kier alpha value is -1.01. The Kier molecular flexibility index (Phi) is 3.80. The molecule has 1 aliphatic carbocycles. The van der Waals surface area contributed by atoms with Crippen molar-refractivity contribution in [2.75, 3.05) is 4.42 Å². The van der Waals surface area contributed by atoms with Crippen LogP contribution in [0.5, 0.6) is 0 Å². The fourth-order valence-corrected chi connectivity index (χ4v) is 3.24. The Balaban J connectivity index is 2.14. The normalized spacial score (nSPS) is 25.8. The maximum absolute atomic E-state index is 10.8. The van der Waals surface area contributed by atoms with Gasteiger partial charge in [0.2, 0.25) is 0 Å². The zero-order valence-electron chi connectivity index (χ0n) is 12.5. The van der Waals surface area contributed by atoms with Crippen LogP contribution in [0.15, 0.2) is 24.5 Å². The maximum Gasteiger partial charge on any atom is 0.169 e. The minimum absolute atomic E-state index is 0.495. The molecule has 1 heterocycles. The van der Waals surface area contributed by atoms with Gasteiger partial charge in [0.15, 0.2) is 5.72 Å². The number of para-hydroxylation sites is 1. The molecule has 2 unspecified atom stereocenters. The lowest BCUT2D eigenvalue weighted by molar-refractivity contribution is -0.112. The maximum atomic E-state index is 10.8. The van der Waals surface area contributed by atoms with Crippen molar-refractivity contribution in [1.29, 1.82) is 0 Å². The van der Waals surface area contributed by atoms with Crippen molar-refractivity contribution in [2.24, 2.45) is 0 Å². The molecule has 0 aliphatic heterocycles. The number of aliphatic hydroxyl groups excluding tert-OH is 1. The average Bonchev–Trinajstić information content (AvgIpc) is 3.02. The zero-order chi connectivity index (χ0) is 16.1. The Morgan fingerprint density at radius 2 is 2.18 bits per heavy atom. The number of fused-ring (bicyclic) bond motifs is 1. The molecule has 7 heteroatoms. The second-order valence-corrected chi connectivity index (χ2v) is 7.50. The first-order valence-corrected chi connectivity index (χ1v) is 7.98. The van der Waals surface area contributed by atoms with Gasteiger partial charge in [-0.25, -0.2) is 4.98 Å². The smallest absolute Gasteiger partial charge is 0.169 e. The number of alkyl halides is 1. The lowest BCUT2D eigenvalue weighted by Crippen LogP contribution is -2.40. The van der Waals surface area contributed by atoms with Crippen molar-refractivity contribution >= 4 is 40.1 Å². The van der Waals surface area contributed by atoms with E-state index in [-0.39, 0.29) is 0 Å². The number of aromatic nitrogens is 2. The Labute approximate surface area is 139 Å². The average molecular weight is 344 g/mol. The molecule has 120 valence electrons. The van der Waals surface area contributed by atoms with Crippen LogP contribution in [0.4, 0.5) is 5.69 Å². The summed E-state index contributed by atoms with van der Waals surface area (Å²) in [7, 11) is 0. The largest absolute Gasteiger partial charge is 0.388 e. The number of nitrogens with zero attached hydrogens (tertiary/aromatic N) is 3. The number of benzene rings is 1. The van der Waals surface area contributed by atoms with Gasteiger partial charge in [-0.05, 0) is 45.2 Å². The van der Waals surface area contributed by atoms with Gasteiger partial charge in [0.25, 0.3) is 0 Å². The van der Waals surface area contributed by atoms with Gasteiger partial charge in [-0.3, -0.25) is 8.99 Å². The summed E-state index contributed by atoms with van der Waals surface area (Å²) in [5.74, 6) is 0. The van der Waals surface area contributed by atoms with Crippen molar-refractivity contribution in [3.05, 3.63) is 24.5 Å². The molecular weight excluding hydrogens is 325 g/mol. The standard InChI is InChI=1S/C15H19Cl2N3O2/c1-14(2,16)20(17)11-6-3-5-10-13(11)18-9-19(10)15(22)8-4-7-12(15)21/h3,5-6,9,12,21-22H,4,7-8H2,1-2H3. The number of anilines is 1. The molecule has 2 N–H and O–H groups in total. The number of imidazole rings is 1. The molecule has 2 atom stereocenters. The van der Waals surface area contributed by atoms with E-state index in [1.165, 1.54) is 4.42 Å². The van der Waals surface area contributed by atoms with E-state index < -0.39 is 16.8 Å². The van der Waals surface area contributed by atoms with Gasteiger partial charge in [0.05, 0.1) is 17.5 Å². The monoisotopic (exact) mass is 343 g/mol. The summed E-state index contributed by atoms with van der Waals surface area (Å²) in [6.45, 7) is 3.57. The summed E-state index contributed by atoms with van der Waals surface area (Å²) in [4.78, 5) is 3.60. The predicted molar refractivity (Wildman–Crippen MR) is 88.0 cm³/mol. The molecular formula is C15H19Cl2N3O2. The van der Waals surface area contributed by atoms with Gasteiger partial charge in [-0.1, -0.05) is 17.7 Å². The molecule has 1 aliphatic rings. The Morgan fingerprint density at radius 1 is 1.45 bits per heavy atom. The Bertz CT molecular complexity index is 698. The lowest BCUT2D eigenvalue weighted by Gasteiger charge is -2.30. The second-order valence-electron chi connectivity index (χ2n) is 6.24. The van der Waals surface area contributed by atoms with E-state index in [1.54, 1.807) is 24.7 Å².